The van der Waals surface area contributed by atoms with E-state index in [4.69, 9.17) is 14.4 Å². The summed E-state index contributed by atoms with van der Waals surface area (Å²) < 4.78 is 9.81. The number of hydrogen-bond acceptors (Lipinski definition) is 5. The van der Waals surface area contributed by atoms with E-state index in [1.54, 1.807) is 24.3 Å². The third-order valence-electron chi connectivity index (χ3n) is 2.45. The Balaban J connectivity index is 2.06. The second kappa shape index (κ2) is 6.12. The Hall–Kier alpha value is -2.18. The maximum atomic E-state index is 11.9. The average molecular weight is 262 g/mol. The van der Waals surface area contributed by atoms with Crippen molar-refractivity contribution in [3.63, 3.8) is 0 Å². The van der Waals surface area contributed by atoms with Crippen LogP contribution in [0, 0.1) is 0 Å². The van der Waals surface area contributed by atoms with Crippen LogP contribution in [0.5, 0.6) is 0 Å². The molecule has 0 spiro atoms. The molecular weight excluding hydrogens is 248 g/mol. The van der Waals surface area contributed by atoms with Crippen molar-refractivity contribution >= 4 is 11.6 Å². The van der Waals surface area contributed by atoms with Crippen molar-refractivity contribution in [2.24, 2.45) is 0 Å². The number of anilines is 1. The van der Waals surface area contributed by atoms with Crippen molar-refractivity contribution < 1.29 is 19.2 Å². The van der Waals surface area contributed by atoms with Crippen LogP contribution < -0.4 is 5.32 Å². The molecule has 0 radical (unpaired) electrons. The van der Waals surface area contributed by atoms with Gasteiger partial charge in [0.1, 0.15) is 6.61 Å². The number of carbonyl (C=O) groups excluding carboxylic acids is 1. The highest BCUT2D eigenvalue weighted by molar-refractivity contribution is 6.02. The highest BCUT2D eigenvalue weighted by atomic mass is 16.5. The minimum atomic E-state index is -0.374. The lowest BCUT2D eigenvalue weighted by molar-refractivity contribution is 0.101. The van der Waals surface area contributed by atoms with Gasteiger partial charge in [-0.3, -0.25) is 4.79 Å². The van der Waals surface area contributed by atoms with Gasteiger partial charge in [0, 0.05) is 18.9 Å². The van der Waals surface area contributed by atoms with E-state index < -0.39 is 0 Å². The summed E-state index contributed by atoms with van der Waals surface area (Å²) in [4.78, 5) is 11.9. The maximum Gasteiger partial charge on any atom is 0.277 e. The van der Waals surface area contributed by atoms with Gasteiger partial charge < -0.3 is 19.7 Å². The standard InChI is InChI=1S/C13H14N2O4/c1-18-8-11-6-12(15-19-11)13(17)14-10-4-2-3-9(5-10)7-16/h2-6,16H,7-8H2,1H3,(H,14,17). The molecule has 2 N–H and O–H groups in total. The molecule has 0 atom stereocenters. The van der Waals surface area contributed by atoms with Crippen molar-refractivity contribution in [3.8, 4) is 0 Å². The summed E-state index contributed by atoms with van der Waals surface area (Å²) in [6, 6.07) is 8.46. The molecule has 6 nitrogen and oxygen atoms in total. The Kier molecular flexibility index (Phi) is 4.27. The number of amides is 1. The number of rotatable bonds is 5. The molecule has 0 saturated carbocycles. The number of nitrogens with one attached hydrogen (secondary N) is 1. The molecule has 0 saturated heterocycles. The number of benzene rings is 1. The van der Waals surface area contributed by atoms with Crippen molar-refractivity contribution in [1.82, 2.24) is 5.16 Å². The molecule has 6 heteroatoms. The molecule has 0 aliphatic heterocycles. The number of hydrogen-bond donors (Lipinski definition) is 2. The first-order valence-electron chi connectivity index (χ1n) is 5.68. The van der Waals surface area contributed by atoms with E-state index in [1.165, 1.54) is 13.2 Å². The van der Waals surface area contributed by atoms with Crippen LogP contribution in [0.25, 0.3) is 0 Å². The second-order valence-electron chi connectivity index (χ2n) is 3.92. The Bertz CT molecular complexity index is 565. The van der Waals surface area contributed by atoms with Crippen LogP contribution in [0.2, 0.25) is 0 Å². The van der Waals surface area contributed by atoms with Gasteiger partial charge in [0.15, 0.2) is 11.5 Å². The van der Waals surface area contributed by atoms with Crippen molar-refractivity contribution in [1.29, 1.82) is 0 Å². The smallest absolute Gasteiger partial charge is 0.277 e. The quantitative estimate of drug-likeness (QED) is 0.854. The van der Waals surface area contributed by atoms with E-state index >= 15 is 0 Å². The molecule has 19 heavy (non-hydrogen) atoms. The van der Waals surface area contributed by atoms with E-state index in [-0.39, 0.29) is 24.8 Å². The number of aliphatic hydroxyl groups excluding tert-OH is 1. The predicted molar refractivity (Wildman–Crippen MR) is 67.5 cm³/mol. The van der Waals surface area contributed by atoms with Crippen LogP contribution in [0.4, 0.5) is 5.69 Å². The summed E-state index contributed by atoms with van der Waals surface area (Å²) in [5.41, 5.74) is 1.49. The van der Waals surface area contributed by atoms with E-state index in [1.807, 2.05) is 0 Å². The Morgan fingerprint density at radius 1 is 1.47 bits per heavy atom. The number of carbonyl (C=O) groups is 1. The van der Waals surface area contributed by atoms with Crippen LogP contribution in [0.3, 0.4) is 0 Å². The molecule has 0 aliphatic carbocycles. The molecule has 1 aromatic carbocycles. The molecule has 0 unspecified atom stereocenters. The Morgan fingerprint density at radius 2 is 2.32 bits per heavy atom. The van der Waals surface area contributed by atoms with Crippen LogP contribution in [0.1, 0.15) is 21.8 Å². The molecule has 1 aromatic heterocycles. The second-order valence-corrected chi connectivity index (χ2v) is 3.92. The predicted octanol–water partition coefficient (Wildman–Crippen LogP) is 1.57. The summed E-state index contributed by atoms with van der Waals surface area (Å²) in [6.07, 6.45) is 0. The summed E-state index contributed by atoms with van der Waals surface area (Å²) in [6.45, 7) is 0.186. The van der Waals surface area contributed by atoms with Gasteiger partial charge in [0.25, 0.3) is 5.91 Å². The number of aromatic nitrogens is 1. The molecule has 0 bridgehead atoms. The zero-order valence-corrected chi connectivity index (χ0v) is 10.4. The van der Waals surface area contributed by atoms with Crippen LogP contribution in [-0.2, 0) is 18.0 Å². The maximum absolute atomic E-state index is 11.9. The normalized spacial score (nSPS) is 10.4. The third-order valence-corrected chi connectivity index (χ3v) is 2.45. The molecule has 0 aliphatic rings. The monoisotopic (exact) mass is 262 g/mol. The highest BCUT2D eigenvalue weighted by Crippen LogP contribution is 2.13. The summed E-state index contributed by atoms with van der Waals surface area (Å²) in [7, 11) is 1.53. The number of aliphatic hydroxyl groups is 1. The van der Waals surface area contributed by atoms with Crippen molar-refractivity contribution in [3.05, 3.63) is 47.3 Å². The average Bonchev–Trinajstić information content (AvgIpc) is 2.88. The fourth-order valence-corrected chi connectivity index (χ4v) is 1.57. The molecule has 1 amide bonds. The summed E-state index contributed by atoms with van der Waals surface area (Å²) in [5.74, 6) is 0.109. The molecule has 0 fully saturated rings. The first-order valence-corrected chi connectivity index (χ1v) is 5.68. The van der Waals surface area contributed by atoms with Crippen molar-refractivity contribution in [2.75, 3.05) is 12.4 Å². The molecule has 2 aromatic rings. The topological polar surface area (TPSA) is 84.6 Å². The zero-order valence-electron chi connectivity index (χ0n) is 10.4. The van der Waals surface area contributed by atoms with E-state index in [9.17, 15) is 4.79 Å². The summed E-state index contributed by atoms with van der Waals surface area (Å²) in [5, 5.41) is 15.4. The molecular formula is C13H14N2O4. The van der Waals surface area contributed by atoms with E-state index in [0.717, 1.165) is 5.56 Å². The van der Waals surface area contributed by atoms with Gasteiger partial charge in [-0.25, -0.2) is 0 Å². The van der Waals surface area contributed by atoms with Gasteiger partial charge in [0.2, 0.25) is 0 Å². The minimum Gasteiger partial charge on any atom is -0.392 e. The van der Waals surface area contributed by atoms with Gasteiger partial charge in [0.05, 0.1) is 6.61 Å². The fraction of sp³-hybridized carbons (Fsp3) is 0.231. The highest BCUT2D eigenvalue weighted by Gasteiger charge is 2.12. The van der Waals surface area contributed by atoms with Gasteiger partial charge >= 0.3 is 0 Å². The van der Waals surface area contributed by atoms with Crippen LogP contribution in [-0.4, -0.2) is 23.3 Å². The lowest BCUT2D eigenvalue weighted by atomic mass is 10.2. The molecule has 2 rings (SSSR count). The number of nitrogens with zero attached hydrogens (tertiary/aromatic N) is 1. The minimum absolute atomic E-state index is 0.0777. The molecule has 100 valence electrons. The van der Waals surface area contributed by atoms with Crippen LogP contribution in [0.15, 0.2) is 34.9 Å². The SMILES string of the molecule is COCc1cc(C(=O)Nc2cccc(CO)c2)no1. The van der Waals surface area contributed by atoms with Gasteiger partial charge in [-0.1, -0.05) is 17.3 Å². The van der Waals surface area contributed by atoms with E-state index in [0.29, 0.717) is 11.4 Å². The third kappa shape index (κ3) is 3.40. The van der Waals surface area contributed by atoms with Gasteiger partial charge in [-0.05, 0) is 17.7 Å². The zero-order chi connectivity index (χ0) is 13.7. The van der Waals surface area contributed by atoms with Gasteiger partial charge in [-0.2, -0.15) is 0 Å². The Morgan fingerprint density at radius 3 is 3.05 bits per heavy atom. The first-order chi connectivity index (χ1) is 9.22. The first kappa shape index (κ1) is 13.3. The molecule has 1 heterocycles. The van der Waals surface area contributed by atoms with Crippen LogP contribution >= 0.6 is 0 Å². The largest absolute Gasteiger partial charge is 0.392 e. The van der Waals surface area contributed by atoms with Crippen molar-refractivity contribution in [2.45, 2.75) is 13.2 Å². The number of ether oxygens (including phenoxy) is 1. The summed E-state index contributed by atoms with van der Waals surface area (Å²) >= 11 is 0. The van der Waals surface area contributed by atoms with Gasteiger partial charge in [-0.15, -0.1) is 0 Å². The lowest BCUT2D eigenvalue weighted by Gasteiger charge is -2.04. The lowest BCUT2D eigenvalue weighted by Crippen LogP contribution is -2.12. The number of methoxy groups -OCH3 is 1. The van der Waals surface area contributed by atoms with E-state index in [2.05, 4.69) is 10.5 Å². The Labute approximate surface area is 110 Å². The fourth-order valence-electron chi connectivity index (χ4n) is 1.57.